The van der Waals surface area contributed by atoms with Gasteiger partial charge in [0.1, 0.15) is 5.60 Å². The standard InChI is InChI=1S/C28H31NO2/c1-5-31-28(21-16-10-7-11-17-21)23-19-13-12-18-22(23)27(30,20-14-8-6-9-15-20)25-24(29(25)28)26(2,3)4/h6-19,24-25,30H,5H2,1-4H3/t24-,25-,27-,28-,29?/m0/s1. The van der Waals surface area contributed by atoms with Gasteiger partial charge in [-0.1, -0.05) is 106 Å². The maximum Gasteiger partial charge on any atom is 0.175 e. The Morgan fingerprint density at radius 3 is 1.87 bits per heavy atom. The molecular weight excluding hydrogens is 382 g/mol. The monoisotopic (exact) mass is 413 g/mol. The Morgan fingerprint density at radius 2 is 1.32 bits per heavy atom. The van der Waals surface area contributed by atoms with Gasteiger partial charge in [-0.05, 0) is 23.5 Å². The molecule has 3 heteroatoms. The third kappa shape index (κ3) is 2.77. The number of ether oxygens (including phenoxy) is 1. The Bertz CT molecular complexity index is 1070. The number of hydrogen-bond donors (Lipinski definition) is 1. The first-order valence-electron chi connectivity index (χ1n) is 11.2. The van der Waals surface area contributed by atoms with Crippen LogP contribution in [0.4, 0.5) is 0 Å². The molecule has 160 valence electrons. The van der Waals surface area contributed by atoms with Gasteiger partial charge >= 0.3 is 0 Å². The molecule has 5 atom stereocenters. The van der Waals surface area contributed by atoms with Gasteiger partial charge in [-0.25, -0.2) is 0 Å². The van der Waals surface area contributed by atoms with E-state index in [2.05, 4.69) is 75.1 Å². The molecule has 0 aliphatic carbocycles. The number of benzene rings is 3. The van der Waals surface area contributed by atoms with E-state index in [4.69, 9.17) is 4.74 Å². The lowest BCUT2D eigenvalue weighted by molar-refractivity contribution is -0.118. The SMILES string of the molecule is CCO[C@@]1(c2ccccc2)c2ccccc2[C@@](O)(c2ccccc2)[C@@H]2[C@@H](C(C)(C)C)N21. The molecule has 2 aliphatic heterocycles. The van der Waals surface area contributed by atoms with Crippen LogP contribution in [0.15, 0.2) is 84.9 Å². The zero-order valence-corrected chi connectivity index (χ0v) is 18.7. The molecule has 2 heterocycles. The summed E-state index contributed by atoms with van der Waals surface area (Å²) < 4.78 is 6.71. The summed E-state index contributed by atoms with van der Waals surface area (Å²) in [5.41, 5.74) is 2.14. The highest BCUT2D eigenvalue weighted by molar-refractivity contribution is 5.56. The average Bonchev–Trinajstić information content (AvgIpc) is 3.56. The highest BCUT2D eigenvalue weighted by Gasteiger charge is 2.74. The number of fused-ring (bicyclic) bond motifs is 2. The predicted molar refractivity (Wildman–Crippen MR) is 124 cm³/mol. The van der Waals surface area contributed by atoms with Crippen molar-refractivity contribution in [3.05, 3.63) is 107 Å². The van der Waals surface area contributed by atoms with Crippen LogP contribution < -0.4 is 0 Å². The van der Waals surface area contributed by atoms with E-state index < -0.39 is 11.3 Å². The molecule has 5 rings (SSSR count). The van der Waals surface area contributed by atoms with Crippen LogP contribution in [0, 0.1) is 5.41 Å². The molecule has 31 heavy (non-hydrogen) atoms. The van der Waals surface area contributed by atoms with Gasteiger partial charge in [-0.15, -0.1) is 0 Å². The predicted octanol–water partition coefficient (Wildman–Crippen LogP) is 5.27. The first-order valence-corrected chi connectivity index (χ1v) is 11.2. The Labute approximate surface area is 185 Å². The van der Waals surface area contributed by atoms with Gasteiger partial charge < -0.3 is 9.84 Å². The second-order valence-electron chi connectivity index (χ2n) is 9.78. The fourth-order valence-electron chi connectivity index (χ4n) is 5.78. The second-order valence-corrected chi connectivity index (χ2v) is 9.78. The summed E-state index contributed by atoms with van der Waals surface area (Å²) in [5.74, 6) is 0. The second kappa shape index (κ2) is 7.03. The van der Waals surface area contributed by atoms with E-state index in [0.717, 1.165) is 22.3 Å². The lowest BCUT2D eigenvalue weighted by Gasteiger charge is -2.46. The fraction of sp³-hybridized carbons (Fsp3) is 0.357. The minimum atomic E-state index is -1.11. The quantitative estimate of drug-likeness (QED) is 0.591. The third-order valence-corrected chi connectivity index (χ3v) is 6.92. The maximum absolute atomic E-state index is 12.5. The van der Waals surface area contributed by atoms with Crippen LogP contribution >= 0.6 is 0 Å². The van der Waals surface area contributed by atoms with Crippen molar-refractivity contribution in [2.75, 3.05) is 6.61 Å². The third-order valence-electron chi connectivity index (χ3n) is 6.92. The molecule has 0 radical (unpaired) electrons. The Kier molecular flexibility index (Phi) is 4.63. The van der Waals surface area contributed by atoms with E-state index >= 15 is 0 Å². The van der Waals surface area contributed by atoms with Crippen molar-refractivity contribution in [2.24, 2.45) is 5.41 Å². The summed E-state index contributed by atoms with van der Waals surface area (Å²) in [6.45, 7) is 9.40. The summed E-state index contributed by atoms with van der Waals surface area (Å²) in [7, 11) is 0. The summed E-state index contributed by atoms with van der Waals surface area (Å²) >= 11 is 0. The van der Waals surface area contributed by atoms with Gasteiger partial charge in [-0.2, -0.15) is 0 Å². The van der Waals surface area contributed by atoms with Crippen molar-refractivity contribution in [1.29, 1.82) is 0 Å². The molecule has 0 amide bonds. The summed E-state index contributed by atoms with van der Waals surface area (Å²) in [6.07, 6.45) is 0. The van der Waals surface area contributed by atoms with E-state index in [1.807, 2.05) is 42.5 Å². The first kappa shape index (κ1) is 20.4. The summed E-state index contributed by atoms with van der Waals surface area (Å²) in [4.78, 5) is 2.42. The van der Waals surface area contributed by atoms with Crippen LogP contribution in [0.2, 0.25) is 0 Å². The van der Waals surface area contributed by atoms with Crippen LogP contribution in [-0.4, -0.2) is 28.7 Å². The number of nitrogens with zero attached hydrogens (tertiary/aromatic N) is 1. The molecule has 1 fully saturated rings. The average molecular weight is 414 g/mol. The van der Waals surface area contributed by atoms with Crippen LogP contribution in [0.3, 0.4) is 0 Å². The highest BCUT2D eigenvalue weighted by Crippen LogP contribution is 2.64. The Hall–Kier alpha value is -2.46. The molecule has 1 N–H and O–H groups in total. The lowest BCUT2D eigenvalue weighted by Crippen LogP contribution is -2.51. The maximum atomic E-state index is 12.5. The zero-order valence-electron chi connectivity index (χ0n) is 18.7. The molecule has 3 nitrogen and oxygen atoms in total. The molecule has 0 saturated carbocycles. The molecule has 1 saturated heterocycles. The van der Waals surface area contributed by atoms with Gasteiger partial charge in [0.15, 0.2) is 5.72 Å². The lowest BCUT2D eigenvalue weighted by atomic mass is 9.73. The number of rotatable bonds is 4. The molecule has 1 unspecified atom stereocenters. The normalized spacial score (nSPS) is 31.6. The summed E-state index contributed by atoms with van der Waals surface area (Å²) in [6, 6.07) is 28.9. The van der Waals surface area contributed by atoms with Crippen molar-refractivity contribution in [2.45, 2.75) is 51.1 Å². The Balaban J connectivity index is 1.85. The van der Waals surface area contributed by atoms with Crippen LogP contribution in [0.25, 0.3) is 0 Å². The largest absolute Gasteiger partial charge is 0.379 e. The van der Waals surface area contributed by atoms with Crippen molar-refractivity contribution in [3.8, 4) is 0 Å². The topological polar surface area (TPSA) is 32.5 Å². The van der Waals surface area contributed by atoms with Gasteiger partial charge in [0, 0.05) is 23.8 Å². The molecule has 2 aliphatic rings. The fourth-order valence-corrected chi connectivity index (χ4v) is 5.78. The van der Waals surface area contributed by atoms with Crippen molar-refractivity contribution in [1.82, 2.24) is 4.90 Å². The molecule has 3 aromatic carbocycles. The number of hydrogen-bond acceptors (Lipinski definition) is 3. The van der Waals surface area contributed by atoms with Crippen LogP contribution in [-0.2, 0) is 16.1 Å². The van der Waals surface area contributed by atoms with Gasteiger partial charge in [0.25, 0.3) is 0 Å². The van der Waals surface area contributed by atoms with Crippen LogP contribution in [0.1, 0.15) is 49.9 Å². The van der Waals surface area contributed by atoms with Gasteiger partial charge in [0.05, 0.1) is 6.04 Å². The van der Waals surface area contributed by atoms with Crippen molar-refractivity contribution in [3.63, 3.8) is 0 Å². The van der Waals surface area contributed by atoms with E-state index in [9.17, 15) is 5.11 Å². The molecule has 0 aromatic heterocycles. The smallest absolute Gasteiger partial charge is 0.175 e. The summed E-state index contributed by atoms with van der Waals surface area (Å²) in [5, 5.41) is 12.5. The van der Waals surface area contributed by atoms with E-state index in [-0.39, 0.29) is 17.5 Å². The molecule has 3 aromatic rings. The highest BCUT2D eigenvalue weighted by atomic mass is 16.5. The van der Waals surface area contributed by atoms with E-state index in [1.165, 1.54) is 0 Å². The minimum Gasteiger partial charge on any atom is -0.379 e. The molecular formula is C28H31NO2. The van der Waals surface area contributed by atoms with Gasteiger partial charge in [-0.3, -0.25) is 4.90 Å². The Morgan fingerprint density at radius 1 is 0.806 bits per heavy atom. The van der Waals surface area contributed by atoms with Gasteiger partial charge in [0.2, 0.25) is 0 Å². The number of aliphatic hydroxyl groups is 1. The minimum absolute atomic E-state index is 0.0351. The van der Waals surface area contributed by atoms with Crippen molar-refractivity contribution < 1.29 is 9.84 Å². The molecule has 0 spiro atoms. The van der Waals surface area contributed by atoms with E-state index in [1.54, 1.807) is 0 Å². The first-order chi connectivity index (χ1) is 14.9. The van der Waals surface area contributed by atoms with Crippen molar-refractivity contribution >= 4 is 0 Å². The van der Waals surface area contributed by atoms with Crippen LogP contribution in [0.5, 0.6) is 0 Å². The van der Waals surface area contributed by atoms with E-state index in [0.29, 0.717) is 6.61 Å². The molecule has 0 bridgehead atoms. The zero-order chi connectivity index (χ0) is 21.9.